The van der Waals surface area contributed by atoms with Gasteiger partial charge in [-0.3, -0.25) is 9.98 Å². The fourth-order valence-corrected chi connectivity index (χ4v) is 2.40. The lowest BCUT2D eigenvalue weighted by molar-refractivity contribution is 1.04. The number of rotatable bonds is 5. The summed E-state index contributed by atoms with van der Waals surface area (Å²) in [5, 5.41) is 2.52. The summed E-state index contributed by atoms with van der Waals surface area (Å²) in [6, 6.07) is 5.71. The van der Waals surface area contributed by atoms with Gasteiger partial charge in [0.25, 0.3) is 0 Å². The average molecular weight is 314 g/mol. The summed E-state index contributed by atoms with van der Waals surface area (Å²) in [6.45, 7) is 17.1. The molecule has 0 bridgehead atoms. The minimum atomic E-state index is 0.707. The van der Waals surface area contributed by atoms with E-state index in [-0.39, 0.29) is 0 Å². The number of hydrogen-bond acceptors (Lipinski definition) is 4. The van der Waals surface area contributed by atoms with E-state index in [1.807, 2.05) is 38.1 Å². The molecule has 1 aromatic heterocycles. The zero-order chi connectivity index (χ0) is 16.5. The van der Waals surface area contributed by atoms with Gasteiger partial charge in [-0.25, -0.2) is 4.98 Å². The van der Waals surface area contributed by atoms with Crippen LogP contribution in [-0.4, -0.2) is 29.2 Å². The van der Waals surface area contributed by atoms with E-state index < -0.39 is 0 Å². The standard InChI is InChI=1S/C15H16N4S.C2H6/c1-5-20-15-18-10(2)13(19-15)8-11-6-7-12(16-3)14(9-11)17-4;1-2/h6-9H,2-5H2,1H3,(H,18,19);1-2H3/b13-8-;. The highest BCUT2D eigenvalue weighted by Gasteiger charge is 2.01. The van der Waals surface area contributed by atoms with Crippen LogP contribution >= 0.6 is 11.8 Å². The predicted octanol–water partition coefficient (Wildman–Crippen LogP) is 3.45. The zero-order valence-electron chi connectivity index (χ0n) is 13.4. The molecule has 5 heteroatoms. The topological polar surface area (TPSA) is 53.4 Å². The van der Waals surface area contributed by atoms with Crippen LogP contribution in [0.1, 0.15) is 26.3 Å². The number of hydrogen-bond donors (Lipinski definition) is 1. The lowest BCUT2D eigenvalue weighted by Gasteiger charge is -2.00. The molecule has 0 spiro atoms. The lowest BCUT2D eigenvalue weighted by Crippen LogP contribution is -2.22. The molecule has 0 atom stereocenters. The Morgan fingerprint density at radius 2 is 1.91 bits per heavy atom. The molecule has 1 heterocycles. The maximum atomic E-state index is 4.50. The van der Waals surface area contributed by atoms with Crippen molar-refractivity contribution in [3.8, 4) is 0 Å². The highest BCUT2D eigenvalue weighted by Crippen LogP contribution is 2.28. The molecule has 4 nitrogen and oxygen atoms in total. The summed E-state index contributed by atoms with van der Waals surface area (Å²) in [7, 11) is 0. The van der Waals surface area contributed by atoms with Gasteiger partial charge in [0, 0.05) is 0 Å². The van der Waals surface area contributed by atoms with Crippen molar-refractivity contribution in [2.75, 3.05) is 5.75 Å². The SMILES string of the molecule is C=Nc1ccc(/C=c2\nc(SCC)[nH]c2=C)cc1N=C.CC. The van der Waals surface area contributed by atoms with Crippen LogP contribution in [0, 0.1) is 0 Å². The van der Waals surface area contributed by atoms with Crippen molar-refractivity contribution in [2.45, 2.75) is 25.9 Å². The zero-order valence-corrected chi connectivity index (χ0v) is 14.2. The molecule has 0 aliphatic rings. The summed E-state index contributed by atoms with van der Waals surface area (Å²) >= 11 is 1.66. The first-order chi connectivity index (χ1) is 10.7. The molecule has 22 heavy (non-hydrogen) atoms. The van der Waals surface area contributed by atoms with Gasteiger partial charge in [0.05, 0.1) is 22.1 Å². The van der Waals surface area contributed by atoms with E-state index in [2.05, 4.69) is 46.9 Å². The van der Waals surface area contributed by atoms with Gasteiger partial charge in [-0.05, 0) is 43.0 Å². The summed E-state index contributed by atoms with van der Waals surface area (Å²) in [5.41, 5.74) is 2.40. The fraction of sp³-hybridized carbons (Fsp3) is 0.235. The number of H-pyrrole nitrogens is 1. The van der Waals surface area contributed by atoms with Crippen LogP contribution in [0.4, 0.5) is 11.4 Å². The second-order valence-corrected chi connectivity index (χ2v) is 5.30. The van der Waals surface area contributed by atoms with Crippen LogP contribution in [0.15, 0.2) is 33.3 Å². The molecule has 1 aromatic carbocycles. The molecule has 0 radical (unpaired) electrons. The monoisotopic (exact) mass is 314 g/mol. The third kappa shape index (κ3) is 4.43. The number of nitrogens with one attached hydrogen (secondary N) is 1. The van der Waals surface area contributed by atoms with Crippen LogP contribution in [0.3, 0.4) is 0 Å². The molecule has 0 saturated heterocycles. The van der Waals surface area contributed by atoms with Crippen LogP contribution < -0.4 is 10.7 Å². The predicted molar refractivity (Wildman–Crippen MR) is 99.5 cm³/mol. The second kappa shape index (κ2) is 9.00. The van der Waals surface area contributed by atoms with Crippen LogP contribution in [-0.2, 0) is 0 Å². The van der Waals surface area contributed by atoms with Crippen molar-refractivity contribution in [3.63, 3.8) is 0 Å². The molecule has 0 amide bonds. The molecular weight excluding hydrogens is 292 g/mol. The van der Waals surface area contributed by atoms with Crippen LogP contribution in [0.2, 0.25) is 0 Å². The molecule has 0 aliphatic heterocycles. The molecule has 116 valence electrons. The quantitative estimate of drug-likeness (QED) is 0.679. The van der Waals surface area contributed by atoms with Crippen molar-refractivity contribution in [1.29, 1.82) is 0 Å². The normalized spacial score (nSPS) is 10.8. The van der Waals surface area contributed by atoms with Gasteiger partial charge >= 0.3 is 0 Å². The van der Waals surface area contributed by atoms with Gasteiger partial charge in [0.15, 0.2) is 5.16 Å². The Kier molecular flexibility index (Phi) is 7.32. The summed E-state index contributed by atoms with van der Waals surface area (Å²) < 4.78 is 0. The third-order valence-electron chi connectivity index (χ3n) is 2.71. The summed E-state index contributed by atoms with van der Waals surface area (Å²) in [4.78, 5) is 15.5. The number of imidazole rings is 1. The molecule has 2 rings (SSSR count). The van der Waals surface area contributed by atoms with Gasteiger partial charge in [-0.1, -0.05) is 45.2 Å². The Balaban J connectivity index is 0.00000116. The molecule has 0 saturated carbocycles. The van der Waals surface area contributed by atoms with E-state index in [0.717, 1.165) is 32.9 Å². The van der Waals surface area contributed by atoms with Crippen molar-refractivity contribution in [1.82, 2.24) is 9.97 Å². The largest absolute Gasteiger partial charge is 0.333 e. The van der Waals surface area contributed by atoms with Gasteiger partial charge < -0.3 is 4.98 Å². The van der Waals surface area contributed by atoms with E-state index in [0.29, 0.717) is 5.69 Å². The highest BCUT2D eigenvalue weighted by molar-refractivity contribution is 7.99. The van der Waals surface area contributed by atoms with Crippen molar-refractivity contribution in [2.24, 2.45) is 9.98 Å². The average Bonchev–Trinajstić information content (AvgIpc) is 2.89. The van der Waals surface area contributed by atoms with Crippen molar-refractivity contribution < 1.29 is 0 Å². The van der Waals surface area contributed by atoms with Gasteiger partial charge in [-0.15, -0.1) is 0 Å². The van der Waals surface area contributed by atoms with Gasteiger partial charge in [0.2, 0.25) is 0 Å². The van der Waals surface area contributed by atoms with E-state index in [9.17, 15) is 0 Å². The fourth-order valence-electron chi connectivity index (χ4n) is 1.77. The highest BCUT2D eigenvalue weighted by atomic mass is 32.2. The number of thioether (sulfide) groups is 1. The Morgan fingerprint density at radius 1 is 1.23 bits per heavy atom. The van der Waals surface area contributed by atoms with E-state index >= 15 is 0 Å². The maximum Gasteiger partial charge on any atom is 0.166 e. The van der Waals surface area contributed by atoms with Crippen molar-refractivity contribution in [3.05, 3.63) is 34.5 Å². The summed E-state index contributed by atoms with van der Waals surface area (Å²) in [5.74, 6) is 0.969. The first kappa shape index (κ1) is 17.9. The van der Waals surface area contributed by atoms with Crippen LogP contribution in [0.25, 0.3) is 12.7 Å². The van der Waals surface area contributed by atoms with E-state index in [1.54, 1.807) is 11.8 Å². The maximum absolute atomic E-state index is 4.50. The van der Waals surface area contributed by atoms with Gasteiger partial charge in [0.1, 0.15) is 0 Å². The molecule has 0 unspecified atom stereocenters. The smallest absolute Gasteiger partial charge is 0.166 e. The first-order valence-electron chi connectivity index (χ1n) is 7.15. The number of benzene rings is 1. The third-order valence-corrected chi connectivity index (χ3v) is 3.47. The van der Waals surface area contributed by atoms with E-state index in [4.69, 9.17) is 0 Å². The number of aliphatic imine (C=N–C) groups is 2. The lowest BCUT2D eigenvalue weighted by atomic mass is 10.1. The minimum Gasteiger partial charge on any atom is -0.333 e. The first-order valence-corrected chi connectivity index (χ1v) is 8.13. The second-order valence-electron chi connectivity index (χ2n) is 4.05. The minimum absolute atomic E-state index is 0.707. The Bertz CT molecular complexity index is 747. The Labute approximate surface area is 135 Å². The summed E-state index contributed by atoms with van der Waals surface area (Å²) in [6.07, 6.45) is 1.96. The Hall–Kier alpha value is -2.14. The van der Waals surface area contributed by atoms with Crippen LogP contribution in [0.5, 0.6) is 0 Å². The molecule has 1 N–H and O–H groups in total. The van der Waals surface area contributed by atoms with Gasteiger partial charge in [-0.2, -0.15) is 0 Å². The van der Waals surface area contributed by atoms with E-state index in [1.165, 1.54) is 0 Å². The number of nitrogens with zero attached hydrogens (tertiary/aromatic N) is 3. The number of aromatic amines is 1. The number of aromatic nitrogens is 2. The Morgan fingerprint density at radius 3 is 2.50 bits per heavy atom. The molecule has 0 aliphatic carbocycles. The molecule has 0 fully saturated rings. The molecule has 2 aromatic rings. The van der Waals surface area contributed by atoms with Crippen molar-refractivity contribution >= 4 is 49.2 Å². The molecular formula is C17H22N4S.